The van der Waals surface area contributed by atoms with Crippen molar-refractivity contribution in [2.45, 2.75) is 76.7 Å². The molecule has 7 rings (SSSR count). The van der Waals surface area contributed by atoms with E-state index in [0.717, 1.165) is 56.0 Å². The molecule has 1 unspecified atom stereocenters. The first kappa shape index (κ1) is 25.3. The van der Waals surface area contributed by atoms with Crippen LogP contribution in [0.2, 0.25) is 0 Å². The van der Waals surface area contributed by atoms with Gasteiger partial charge in [0.2, 0.25) is 0 Å². The Kier molecular flexibility index (Phi) is 5.77. The van der Waals surface area contributed by atoms with Crippen LogP contribution in [0.15, 0.2) is 77.5 Å². The number of fused-ring (bicyclic) bond motifs is 6. The Morgan fingerprint density at radius 3 is 2.59 bits per heavy atom. The van der Waals surface area contributed by atoms with Crippen molar-refractivity contribution in [3.63, 3.8) is 0 Å². The van der Waals surface area contributed by atoms with Gasteiger partial charge in [-0.05, 0) is 93.9 Å². The lowest BCUT2D eigenvalue weighted by Gasteiger charge is -2.59. The predicted octanol–water partition coefficient (Wildman–Crippen LogP) is 7.53. The lowest BCUT2D eigenvalue weighted by atomic mass is 9.47. The topological polar surface area (TPSA) is 61.2 Å². The number of imidazole rings is 1. The molecule has 4 aliphatic carbocycles. The van der Waals surface area contributed by atoms with Crippen LogP contribution in [0.5, 0.6) is 0 Å². The molecule has 4 aliphatic rings. The molecule has 2 aromatic carbocycles. The summed E-state index contributed by atoms with van der Waals surface area (Å²) in [6, 6.07) is 15.4. The van der Waals surface area contributed by atoms with Gasteiger partial charge in [-0.15, -0.1) is 0 Å². The van der Waals surface area contributed by atoms with Crippen molar-refractivity contribution in [3.05, 3.63) is 78.1 Å². The van der Waals surface area contributed by atoms with Crippen molar-refractivity contribution in [2.75, 3.05) is 0 Å². The highest BCUT2D eigenvalue weighted by Crippen LogP contribution is 2.66. The fourth-order valence-electron chi connectivity index (χ4n) is 8.82. The summed E-state index contributed by atoms with van der Waals surface area (Å²) >= 11 is 0. The third-order valence-electron chi connectivity index (χ3n) is 10.9. The Morgan fingerprint density at radius 2 is 1.77 bits per heavy atom. The summed E-state index contributed by atoms with van der Waals surface area (Å²) in [5.74, 6) is 1.45. The monoisotopic (exact) mass is 542 g/mol. The number of hydrogen-bond acceptors (Lipinski definition) is 4. The van der Waals surface area contributed by atoms with Crippen LogP contribution in [-0.4, -0.2) is 24.1 Å². The minimum absolute atomic E-state index is 0.0747. The van der Waals surface area contributed by atoms with Gasteiger partial charge in [-0.1, -0.05) is 61.4 Å². The lowest BCUT2D eigenvalue weighted by molar-refractivity contribution is -0.0636. The highest BCUT2D eigenvalue weighted by molar-refractivity contribution is 7.86. The smallest absolute Gasteiger partial charge is 0.297 e. The number of allylic oxidation sites excluding steroid dienone is 3. The van der Waals surface area contributed by atoms with Crippen molar-refractivity contribution < 1.29 is 12.6 Å². The Morgan fingerprint density at radius 1 is 0.974 bits per heavy atom. The largest absolute Gasteiger partial charge is 0.302 e. The van der Waals surface area contributed by atoms with Gasteiger partial charge in [-0.2, -0.15) is 8.42 Å². The second-order valence-electron chi connectivity index (χ2n) is 12.8. The van der Waals surface area contributed by atoms with E-state index in [1.165, 1.54) is 16.8 Å². The van der Waals surface area contributed by atoms with Gasteiger partial charge in [-0.25, -0.2) is 4.98 Å². The lowest BCUT2D eigenvalue weighted by Crippen LogP contribution is -2.54. The fraction of sp³-hybridized carbons (Fsp3) is 0.485. The van der Waals surface area contributed by atoms with Crippen molar-refractivity contribution in [1.82, 2.24) is 9.55 Å². The number of hydrogen-bond donors (Lipinski definition) is 0. The van der Waals surface area contributed by atoms with Gasteiger partial charge in [-0.3, -0.25) is 4.18 Å². The minimum atomic E-state index is -3.84. The summed E-state index contributed by atoms with van der Waals surface area (Å²) in [6.45, 7) is 6.74. The van der Waals surface area contributed by atoms with E-state index in [0.29, 0.717) is 17.8 Å². The van der Waals surface area contributed by atoms with E-state index < -0.39 is 10.1 Å². The first-order valence-electron chi connectivity index (χ1n) is 14.5. The summed E-state index contributed by atoms with van der Waals surface area (Å²) < 4.78 is 35.4. The molecule has 1 aromatic heterocycles. The second-order valence-corrected chi connectivity index (χ2v) is 14.3. The zero-order valence-electron chi connectivity index (χ0n) is 23.1. The molecule has 0 saturated heterocycles. The molecule has 3 aromatic rings. The van der Waals surface area contributed by atoms with Crippen molar-refractivity contribution in [3.8, 4) is 0 Å². The summed E-state index contributed by atoms with van der Waals surface area (Å²) in [4.78, 5) is 4.95. The van der Waals surface area contributed by atoms with Gasteiger partial charge in [0.1, 0.15) is 6.33 Å². The van der Waals surface area contributed by atoms with Gasteiger partial charge in [0.05, 0.1) is 22.0 Å². The van der Waals surface area contributed by atoms with Crippen molar-refractivity contribution in [2.24, 2.45) is 28.6 Å². The number of aromatic nitrogens is 2. The van der Waals surface area contributed by atoms with Crippen LogP contribution in [0, 0.1) is 35.5 Å². The van der Waals surface area contributed by atoms with Crippen LogP contribution in [0.4, 0.5) is 0 Å². The first-order chi connectivity index (χ1) is 18.7. The molecule has 6 heteroatoms. The molecule has 2 saturated carbocycles. The standard InChI is InChI=1S/C33H38N2O3S/c1-22-11-14-24(15-12-22)39(36,37)38-31-10-6-7-23-13-16-25-26-17-18-30(32(26,2)20-19-27(25)33(23,31)3)35-21-34-28-8-4-5-9-29(28)35/h4-5,8-9,11-15,18,21,25-27,31H,6-7,10,16-17,19-20H2,1-3H3/t25-,26-,27-,31?,32-,33-/m0/s1. The maximum Gasteiger partial charge on any atom is 0.297 e. The number of rotatable bonds is 4. The minimum Gasteiger partial charge on any atom is -0.302 e. The molecule has 0 bridgehead atoms. The van der Waals surface area contributed by atoms with Crippen molar-refractivity contribution >= 4 is 26.8 Å². The molecule has 6 atom stereocenters. The van der Waals surface area contributed by atoms with Crippen LogP contribution in [0.3, 0.4) is 0 Å². The Hall–Kier alpha value is -2.70. The summed E-state index contributed by atoms with van der Waals surface area (Å²) in [7, 11) is -3.84. The molecule has 2 fully saturated rings. The summed E-state index contributed by atoms with van der Waals surface area (Å²) in [5.41, 5.74) is 5.88. The number of nitrogens with zero attached hydrogens (tertiary/aromatic N) is 2. The molecule has 0 radical (unpaired) electrons. The molecule has 39 heavy (non-hydrogen) atoms. The zero-order chi connectivity index (χ0) is 27.0. The van der Waals surface area contributed by atoms with E-state index in [9.17, 15) is 8.42 Å². The van der Waals surface area contributed by atoms with Crippen LogP contribution in [0.25, 0.3) is 16.7 Å². The Balaban J connectivity index is 1.21. The van der Waals surface area contributed by atoms with E-state index >= 15 is 0 Å². The van der Waals surface area contributed by atoms with Gasteiger partial charge < -0.3 is 4.57 Å². The zero-order valence-corrected chi connectivity index (χ0v) is 24.0. The maximum atomic E-state index is 13.4. The number of para-hydroxylation sites is 2. The SMILES string of the molecule is Cc1ccc(S(=O)(=O)OC2CCCC3=CC[C@H]4[C@@H]5CC=C(n6cnc7ccccc76)[C@@]5(C)CC[C@@H]4[C@]32C)cc1. The van der Waals surface area contributed by atoms with Crippen LogP contribution in [0.1, 0.15) is 64.4 Å². The Labute approximate surface area is 232 Å². The summed E-state index contributed by atoms with van der Waals surface area (Å²) in [6.07, 6.45) is 13.7. The van der Waals surface area contributed by atoms with Gasteiger partial charge in [0.25, 0.3) is 10.1 Å². The van der Waals surface area contributed by atoms with Crippen molar-refractivity contribution in [1.29, 1.82) is 0 Å². The van der Waals surface area contributed by atoms with Crippen LogP contribution in [-0.2, 0) is 14.3 Å². The maximum absolute atomic E-state index is 13.4. The normalized spacial score (nSPS) is 34.1. The average molecular weight is 543 g/mol. The fourth-order valence-corrected chi connectivity index (χ4v) is 10.0. The van der Waals surface area contributed by atoms with Gasteiger partial charge in [0.15, 0.2) is 0 Å². The molecule has 0 N–H and O–H groups in total. The molecule has 0 spiro atoms. The quantitative estimate of drug-likeness (QED) is 0.252. The number of benzene rings is 2. The highest BCUT2D eigenvalue weighted by atomic mass is 32.2. The van der Waals surface area contributed by atoms with E-state index in [1.807, 2.05) is 31.5 Å². The second kappa shape index (κ2) is 8.90. The van der Waals surface area contributed by atoms with Gasteiger partial charge >= 0.3 is 0 Å². The van der Waals surface area contributed by atoms with E-state index in [-0.39, 0.29) is 21.8 Å². The average Bonchev–Trinajstić information content (AvgIpc) is 3.49. The predicted molar refractivity (Wildman–Crippen MR) is 154 cm³/mol. The molecule has 1 heterocycles. The molecular weight excluding hydrogens is 504 g/mol. The van der Waals surface area contributed by atoms with E-state index in [4.69, 9.17) is 9.17 Å². The third-order valence-corrected chi connectivity index (χ3v) is 12.3. The highest BCUT2D eigenvalue weighted by Gasteiger charge is 2.59. The van der Waals surface area contributed by atoms with Crippen LogP contribution < -0.4 is 0 Å². The third kappa shape index (κ3) is 3.74. The molecular formula is C33H38N2O3S. The molecule has 0 aliphatic heterocycles. The molecule has 5 nitrogen and oxygen atoms in total. The molecule has 0 amide bonds. The summed E-state index contributed by atoms with van der Waals surface area (Å²) in [5, 5.41) is 0. The van der Waals surface area contributed by atoms with Crippen LogP contribution >= 0.6 is 0 Å². The van der Waals surface area contributed by atoms with E-state index in [2.05, 4.69) is 48.8 Å². The number of aryl methyl sites for hydroxylation is 1. The van der Waals surface area contributed by atoms with E-state index in [1.54, 1.807) is 12.1 Å². The Bertz CT molecular complexity index is 1600. The van der Waals surface area contributed by atoms with Gasteiger partial charge in [0, 0.05) is 16.5 Å². The first-order valence-corrected chi connectivity index (χ1v) is 16.0. The molecule has 204 valence electrons.